The van der Waals surface area contributed by atoms with Gasteiger partial charge in [0.05, 0.1) is 19.3 Å². The molecule has 1 aromatic rings. The molecule has 0 spiro atoms. The third-order valence-electron chi connectivity index (χ3n) is 3.22. The van der Waals surface area contributed by atoms with Crippen molar-refractivity contribution in [3.63, 3.8) is 0 Å². The van der Waals surface area contributed by atoms with E-state index < -0.39 is 0 Å². The second-order valence-corrected chi connectivity index (χ2v) is 4.47. The zero-order valence-corrected chi connectivity index (χ0v) is 11.1. The van der Waals surface area contributed by atoms with Crippen molar-refractivity contribution in [2.24, 2.45) is 0 Å². The minimum atomic E-state index is 0.0688. The Labute approximate surface area is 113 Å². The Morgan fingerprint density at radius 3 is 2.84 bits per heavy atom. The molecule has 1 aromatic carbocycles. The molecule has 0 atom stereocenters. The van der Waals surface area contributed by atoms with Crippen molar-refractivity contribution in [1.29, 1.82) is 0 Å². The summed E-state index contributed by atoms with van der Waals surface area (Å²) in [6.07, 6.45) is 7.39. The van der Waals surface area contributed by atoms with Gasteiger partial charge >= 0.3 is 0 Å². The van der Waals surface area contributed by atoms with E-state index >= 15 is 0 Å². The predicted molar refractivity (Wildman–Crippen MR) is 75.5 cm³/mol. The van der Waals surface area contributed by atoms with Crippen LogP contribution in [0.1, 0.15) is 23.2 Å². The molecule has 0 radical (unpaired) electrons. The lowest BCUT2D eigenvalue weighted by molar-refractivity contribution is 0.0792. The highest BCUT2D eigenvalue weighted by atomic mass is 16.5. The maximum Gasteiger partial charge on any atom is 0.253 e. The number of rotatable bonds is 4. The van der Waals surface area contributed by atoms with E-state index in [1.54, 1.807) is 13.2 Å². The Bertz CT molecular complexity index is 499. The lowest BCUT2D eigenvalue weighted by Gasteiger charge is -2.17. The number of ether oxygens (including phenoxy) is 1. The van der Waals surface area contributed by atoms with E-state index in [4.69, 9.17) is 11.2 Å². The fraction of sp³-hybridized carbons (Fsp3) is 0.400. The molecule has 1 amide bonds. The first kappa shape index (κ1) is 13.3. The van der Waals surface area contributed by atoms with Gasteiger partial charge in [-0.25, -0.2) is 0 Å². The molecule has 1 aliphatic rings. The highest BCUT2D eigenvalue weighted by molar-refractivity contribution is 5.95. The van der Waals surface area contributed by atoms with E-state index in [9.17, 15) is 4.79 Å². The zero-order valence-electron chi connectivity index (χ0n) is 11.1. The summed E-state index contributed by atoms with van der Waals surface area (Å²) in [6.45, 7) is 2.12. The van der Waals surface area contributed by atoms with E-state index in [1.165, 1.54) is 0 Å². The highest BCUT2D eigenvalue weighted by Gasteiger charge is 2.20. The van der Waals surface area contributed by atoms with Gasteiger partial charge in [-0.05, 0) is 31.0 Å². The number of nitrogens with one attached hydrogen (secondary N) is 1. The third-order valence-corrected chi connectivity index (χ3v) is 3.22. The molecule has 0 bridgehead atoms. The van der Waals surface area contributed by atoms with Crippen molar-refractivity contribution < 1.29 is 9.53 Å². The van der Waals surface area contributed by atoms with Gasteiger partial charge in [-0.1, -0.05) is 5.92 Å². The smallest absolute Gasteiger partial charge is 0.253 e. The van der Waals surface area contributed by atoms with Gasteiger partial charge in [0.2, 0.25) is 0 Å². The number of methoxy groups -OCH3 is 1. The fourth-order valence-corrected chi connectivity index (χ4v) is 2.22. The molecule has 0 aliphatic carbocycles. The standard InChI is InChI=1S/C15H18N2O2/c1-3-8-16-13-7-6-12(11-14(13)19-2)15(18)17-9-4-5-10-17/h1,6-7,11,16H,4-5,8-10H2,2H3. The number of likely N-dealkylation sites (tertiary alicyclic amines) is 1. The number of terminal acetylenes is 1. The van der Waals surface area contributed by atoms with Crippen LogP contribution < -0.4 is 10.1 Å². The first-order valence-corrected chi connectivity index (χ1v) is 6.41. The molecule has 19 heavy (non-hydrogen) atoms. The average Bonchev–Trinajstić information content (AvgIpc) is 2.98. The Morgan fingerprint density at radius 2 is 2.21 bits per heavy atom. The van der Waals surface area contributed by atoms with Crippen molar-refractivity contribution in [2.45, 2.75) is 12.8 Å². The SMILES string of the molecule is C#CCNc1ccc(C(=O)N2CCCC2)cc1OC. The van der Waals surface area contributed by atoms with Gasteiger partial charge in [0.25, 0.3) is 5.91 Å². The molecule has 0 unspecified atom stereocenters. The summed E-state index contributed by atoms with van der Waals surface area (Å²) in [4.78, 5) is 14.1. The van der Waals surface area contributed by atoms with Gasteiger partial charge in [-0.3, -0.25) is 4.79 Å². The number of hydrogen-bond acceptors (Lipinski definition) is 3. The molecule has 2 rings (SSSR count). The van der Waals surface area contributed by atoms with Gasteiger partial charge in [0.1, 0.15) is 5.75 Å². The number of anilines is 1. The van der Waals surface area contributed by atoms with E-state index in [2.05, 4.69) is 11.2 Å². The number of benzene rings is 1. The van der Waals surface area contributed by atoms with Crippen LogP contribution in [0.5, 0.6) is 5.75 Å². The van der Waals surface area contributed by atoms with E-state index in [0.29, 0.717) is 17.9 Å². The monoisotopic (exact) mass is 258 g/mol. The molecule has 1 N–H and O–H groups in total. The third kappa shape index (κ3) is 3.00. The number of nitrogens with zero attached hydrogens (tertiary/aromatic N) is 1. The van der Waals surface area contributed by atoms with Gasteiger partial charge in [0.15, 0.2) is 0 Å². The first-order valence-electron chi connectivity index (χ1n) is 6.41. The molecule has 4 heteroatoms. The molecule has 1 aliphatic heterocycles. The largest absolute Gasteiger partial charge is 0.495 e. The van der Waals surface area contributed by atoms with Crippen molar-refractivity contribution in [3.05, 3.63) is 23.8 Å². The van der Waals surface area contributed by atoms with Crippen LogP contribution in [0.2, 0.25) is 0 Å². The summed E-state index contributed by atoms with van der Waals surface area (Å²) in [5.74, 6) is 3.22. The lowest BCUT2D eigenvalue weighted by Crippen LogP contribution is -2.27. The van der Waals surface area contributed by atoms with Crippen LogP contribution in [0.4, 0.5) is 5.69 Å². The second kappa shape index (κ2) is 6.14. The minimum Gasteiger partial charge on any atom is -0.495 e. The van der Waals surface area contributed by atoms with Crippen molar-refractivity contribution >= 4 is 11.6 Å². The molecule has 1 fully saturated rings. The first-order chi connectivity index (χ1) is 9.26. The van der Waals surface area contributed by atoms with Crippen LogP contribution in [-0.4, -0.2) is 37.6 Å². The summed E-state index contributed by atoms with van der Waals surface area (Å²) >= 11 is 0. The summed E-state index contributed by atoms with van der Waals surface area (Å²) in [5, 5.41) is 3.06. The summed E-state index contributed by atoms with van der Waals surface area (Å²) in [6, 6.07) is 5.40. The molecule has 0 saturated carbocycles. The van der Waals surface area contributed by atoms with Crippen LogP contribution in [0.15, 0.2) is 18.2 Å². The highest BCUT2D eigenvalue weighted by Crippen LogP contribution is 2.26. The molecule has 0 aromatic heterocycles. The van der Waals surface area contributed by atoms with Crippen molar-refractivity contribution in [1.82, 2.24) is 4.90 Å². The summed E-state index contributed by atoms with van der Waals surface area (Å²) in [5.41, 5.74) is 1.46. The number of carbonyl (C=O) groups is 1. The minimum absolute atomic E-state index is 0.0688. The van der Waals surface area contributed by atoms with Crippen LogP contribution in [0.3, 0.4) is 0 Å². The van der Waals surface area contributed by atoms with Crippen molar-refractivity contribution in [3.8, 4) is 18.1 Å². The maximum absolute atomic E-state index is 12.3. The Morgan fingerprint density at radius 1 is 1.47 bits per heavy atom. The molecule has 100 valence electrons. The van der Waals surface area contributed by atoms with Gasteiger partial charge in [-0.15, -0.1) is 6.42 Å². The van der Waals surface area contributed by atoms with Gasteiger partial charge in [-0.2, -0.15) is 0 Å². The molecular weight excluding hydrogens is 240 g/mol. The topological polar surface area (TPSA) is 41.6 Å². The molecule has 1 heterocycles. The quantitative estimate of drug-likeness (QED) is 0.840. The van der Waals surface area contributed by atoms with E-state index in [-0.39, 0.29) is 5.91 Å². The number of carbonyl (C=O) groups excluding carboxylic acids is 1. The summed E-state index contributed by atoms with van der Waals surface area (Å²) in [7, 11) is 1.58. The molecule has 4 nitrogen and oxygen atoms in total. The van der Waals surface area contributed by atoms with Gasteiger partial charge in [0, 0.05) is 18.7 Å². The normalized spacial score (nSPS) is 14.0. The van der Waals surface area contributed by atoms with Crippen molar-refractivity contribution in [2.75, 3.05) is 32.1 Å². The second-order valence-electron chi connectivity index (χ2n) is 4.47. The van der Waals surface area contributed by atoms with Crippen LogP contribution >= 0.6 is 0 Å². The van der Waals surface area contributed by atoms with E-state index in [1.807, 2.05) is 17.0 Å². The van der Waals surface area contributed by atoms with Crippen LogP contribution in [-0.2, 0) is 0 Å². The molecular formula is C15H18N2O2. The maximum atomic E-state index is 12.3. The Hall–Kier alpha value is -2.15. The zero-order chi connectivity index (χ0) is 13.7. The van der Waals surface area contributed by atoms with Crippen LogP contribution in [0.25, 0.3) is 0 Å². The fourth-order valence-electron chi connectivity index (χ4n) is 2.22. The lowest BCUT2D eigenvalue weighted by atomic mass is 10.1. The number of hydrogen-bond donors (Lipinski definition) is 1. The van der Waals surface area contributed by atoms with E-state index in [0.717, 1.165) is 31.6 Å². The average molecular weight is 258 g/mol. The Balaban J connectivity index is 2.18. The Kier molecular flexibility index (Phi) is 4.30. The number of amides is 1. The summed E-state index contributed by atoms with van der Waals surface area (Å²) < 4.78 is 5.29. The molecule has 1 saturated heterocycles. The van der Waals surface area contributed by atoms with Gasteiger partial charge < -0.3 is 15.0 Å². The predicted octanol–water partition coefficient (Wildman–Crippen LogP) is 1.98. The van der Waals surface area contributed by atoms with Crippen LogP contribution in [0, 0.1) is 12.3 Å².